The Bertz CT molecular complexity index is 779. The molecule has 8 nitrogen and oxygen atoms in total. The van der Waals surface area contributed by atoms with Crippen LogP contribution in [0.4, 0.5) is 4.79 Å². The highest BCUT2D eigenvalue weighted by Crippen LogP contribution is 2.26. The number of carbonyl (C=O) groups excluding carboxylic acids is 2. The maximum atomic E-state index is 12.0. The van der Waals surface area contributed by atoms with Gasteiger partial charge < -0.3 is 9.30 Å². The topological polar surface area (TPSA) is 89.3 Å². The van der Waals surface area contributed by atoms with Gasteiger partial charge >= 0.3 is 6.09 Å². The van der Waals surface area contributed by atoms with Crippen LogP contribution in [0.1, 0.15) is 37.7 Å². The van der Waals surface area contributed by atoms with Crippen molar-refractivity contribution < 1.29 is 14.3 Å². The Labute approximate surface area is 169 Å². The number of amides is 2. The molecule has 0 bridgehead atoms. The summed E-state index contributed by atoms with van der Waals surface area (Å²) < 4.78 is 6.76. The molecule has 1 N–H and O–H groups in total. The van der Waals surface area contributed by atoms with Crippen molar-refractivity contribution in [2.45, 2.75) is 38.0 Å². The third-order valence-corrected chi connectivity index (χ3v) is 5.05. The molecule has 9 heteroatoms. The smallest absolute Gasteiger partial charge is 0.413 e. The highest BCUT2D eigenvalue weighted by molar-refractivity contribution is 7.99. The fourth-order valence-electron chi connectivity index (χ4n) is 2.79. The molecule has 0 aliphatic rings. The molecule has 0 saturated heterocycles. The molecule has 2 rings (SSSR count). The van der Waals surface area contributed by atoms with Gasteiger partial charge in [-0.2, -0.15) is 0 Å². The van der Waals surface area contributed by atoms with Crippen LogP contribution < -0.4 is 5.32 Å². The zero-order chi connectivity index (χ0) is 20.5. The lowest BCUT2D eigenvalue weighted by Gasteiger charge is -2.23. The van der Waals surface area contributed by atoms with E-state index in [9.17, 15) is 9.59 Å². The van der Waals surface area contributed by atoms with E-state index in [1.165, 1.54) is 11.8 Å². The molecule has 0 fully saturated rings. The molecule has 1 aromatic carbocycles. The highest BCUT2D eigenvalue weighted by Gasteiger charge is 2.23. The van der Waals surface area contributed by atoms with Gasteiger partial charge in [0.05, 0.1) is 24.9 Å². The summed E-state index contributed by atoms with van der Waals surface area (Å²) in [4.78, 5) is 25.5. The van der Waals surface area contributed by atoms with E-state index in [0.29, 0.717) is 11.7 Å². The van der Waals surface area contributed by atoms with Crippen LogP contribution >= 0.6 is 11.8 Å². The Morgan fingerprint density at radius 3 is 2.54 bits per heavy atom. The molecule has 152 valence electrons. The summed E-state index contributed by atoms with van der Waals surface area (Å²) in [6, 6.07) is 10.1. The molecule has 0 spiro atoms. The normalized spacial score (nSPS) is 12.0. The maximum Gasteiger partial charge on any atom is 0.413 e. The Balaban J connectivity index is 2.19. The molecule has 28 heavy (non-hydrogen) atoms. The number of thioether (sulfide) groups is 1. The van der Waals surface area contributed by atoms with Gasteiger partial charge in [0.1, 0.15) is 0 Å². The molecule has 1 aromatic heterocycles. The minimum absolute atomic E-state index is 0.0461. The molecule has 1 heterocycles. The Kier molecular flexibility index (Phi) is 8.46. The average molecular weight is 406 g/mol. The van der Waals surface area contributed by atoms with E-state index in [1.54, 1.807) is 6.92 Å². The number of hydrogen-bond acceptors (Lipinski definition) is 7. The molecule has 2 aromatic rings. The van der Waals surface area contributed by atoms with E-state index in [-0.39, 0.29) is 18.4 Å². The Hall–Kier alpha value is -2.39. The van der Waals surface area contributed by atoms with Crippen LogP contribution in [0.25, 0.3) is 0 Å². The fraction of sp³-hybridized carbons (Fsp3) is 0.474. The van der Waals surface area contributed by atoms with Gasteiger partial charge in [0.25, 0.3) is 0 Å². The average Bonchev–Trinajstić information content (AvgIpc) is 3.04. The molecule has 1 unspecified atom stereocenters. The number of ether oxygens (including phenoxy) is 1. The van der Waals surface area contributed by atoms with Crippen LogP contribution in [0.3, 0.4) is 0 Å². The maximum absolute atomic E-state index is 12.0. The molecule has 0 aliphatic heterocycles. The standard InChI is InChI=1S/C19H27N5O3S/c1-5-15(23(3)4)17-21-22-18(24(17)12-14-10-8-7-9-11-14)28-13-16(25)20-19(26)27-6-2/h7-11,15H,5-6,12-13H2,1-4H3,(H,20,25,26). The minimum Gasteiger partial charge on any atom is -0.450 e. The van der Waals surface area contributed by atoms with E-state index in [1.807, 2.05) is 49.0 Å². The van der Waals surface area contributed by atoms with E-state index in [4.69, 9.17) is 4.74 Å². The summed E-state index contributed by atoms with van der Waals surface area (Å²) in [7, 11) is 4.02. The number of alkyl carbamates (subject to hydrolysis) is 1. The van der Waals surface area contributed by atoms with Crippen molar-refractivity contribution in [1.82, 2.24) is 25.0 Å². The van der Waals surface area contributed by atoms with Gasteiger partial charge in [0.2, 0.25) is 5.91 Å². The Morgan fingerprint density at radius 2 is 1.93 bits per heavy atom. The van der Waals surface area contributed by atoms with Gasteiger partial charge in [0.15, 0.2) is 11.0 Å². The van der Waals surface area contributed by atoms with Gasteiger partial charge in [-0.25, -0.2) is 4.79 Å². The van der Waals surface area contributed by atoms with Crippen molar-refractivity contribution in [2.75, 3.05) is 26.5 Å². The van der Waals surface area contributed by atoms with Gasteiger partial charge in [-0.3, -0.25) is 15.0 Å². The quantitative estimate of drug-likeness (QED) is 0.642. The summed E-state index contributed by atoms with van der Waals surface area (Å²) in [5.41, 5.74) is 1.12. The highest BCUT2D eigenvalue weighted by atomic mass is 32.2. The lowest BCUT2D eigenvalue weighted by atomic mass is 10.2. The predicted octanol–water partition coefficient (Wildman–Crippen LogP) is 2.70. The zero-order valence-corrected chi connectivity index (χ0v) is 17.5. The van der Waals surface area contributed by atoms with Gasteiger partial charge in [0, 0.05) is 0 Å². The number of rotatable bonds is 9. The van der Waals surface area contributed by atoms with Crippen LogP contribution in [0, 0.1) is 0 Å². The van der Waals surface area contributed by atoms with Gasteiger partial charge in [-0.15, -0.1) is 10.2 Å². The zero-order valence-electron chi connectivity index (χ0n) is 16.7. The predicted molar refractivity (Wildman–Crippen MR) is 108 cm³/mol. The van der Waals surface area contributed by atoms with Crippen molar-refractivity contribution in [3.05, 3.63) is 41.7 Å². The number of carbonyl (C=O) groups is 2. The largest absolute Gasteiger partial charge is 0.450 e. The molecule has 2 amide bonds. The monoisotopic (exact) mass is 405 g/mol. The molecule has 1 atom stereocenters. The third-order valence-electron chi connectivity index (χ3n) is 4.09. The first-order valence-corrected chi connectivity index (χ1v) is 10.2. The molecular formula is C19H27N5O3S. The van der Waals surface area contributed by atoms with E-state index in [2.05, 4.69) is 27.3 Å². The van der Waals surface area contributed by atoms with Gasteiger partial charge in [-0.05, 0) is 33.0 Å². The number of aromatic nitrogens is 3. The van der Waals surface area contributed by atoms with Crippen molar-refractivity contribution in [3.63, 3.8) is 0 Å². The summed E-state index contributed by atoms with van der Waals surface area (Å²) in [5, 5.41) is 11.5. The van der Waals surface area contributed by atoms with E-state index < -0.39 is 12.0 Å². The van der Waals surface area contributed by atoms with Crippen LogP contribution in [-0.2, 0) is 16.1 Å². The molecule has 0 radical (unpaired) electrons. The lowest BCUT2D eigenvalue weighted by molar-refractivity contribution is -0.117. The van der Waals surface area contributed by atoms with Crippen molar-refractivity contribution in [1.29, 1.82) is 0 Å². The second-order valence-electron chi connectivity index (χ2n) is 6.36. The summed E-state index contributed by atoms with van der Waals surface area (Å²) in [6.07, 6.45) is 0.145. The van der Waals surface area contributed by atoms with Crippen molar-refractivity contribution >= 4 is 23.8 Å². The third kappa shape index (κ3) is 6.07. The first-order chi connectivity index (χ1) is 13.5. The van der Waals surface area contributed by atoms with Crippen LogP contribution in [0.5, 0.6) is 0 Å². The molecule has 0 saturated carbocycles. The number of nitrogens with one attached hydrogen (secondary N) is 1. The summed E-state index contributed by atoms with van der Waals surface area (Å²) in [5.74, 6) is 0.466. The second-order valence-corrected chi connectivity index (χ2v) is 7.30. The second kappa shape index (κ2) is 10.8. The fourth-order valence-corrected chi connectivity index (χ4v) is 3.54. The van der Waals surface area contributed by atoms with Crippen LogP contribution in [0.2, 0.25) is 0 Å². The first-order valence-electron chi connectivity index (χ1n) is 9.19. The summed E-state index contributed by atoms with van der Waals surface area (Å²) >= 11 is 1.25. The van der Waals surface area contributed by atoms with Gasteiger partial charge in [-0.1, -0.05) is 49.0 Å². The first kappa shape index (κ1) is 21.9. The van der Waals surface area contributed by atoms with E-state index in [0.717, 1.165) is 17.8 Å². The lowest BCUT2D eigenvalue weighted by Crippen LogP contribution is -2.32. The number of hydrogen-bond donors (Lipinski definition) is 1. The van der Waals surface area contributed by atoms with Crippen molar-refractivity contribution in [3.8, 4) is 0 Å². The number of benzene rings is 1. The SMILES string of the molecule is CCOC(=O)NC(=O)CSc1nnc(C(CC)N(C)C)n1Cc1ccccc1. The van der Waals surface area contributed by atoms with Crippen molar-refractivity contribution in [2.24, 2.45) is 0 Å². The van der Waals surface area contributed by atoms with E-state index >= 15 is 0 Å². The number of imide groups is 1. The van der Waals surface area contributed by atoms with Crippen LogP contribution in [0.15, 0.2) is 35.5 Å². The number of nitrogens with zero attached hydrogens (tertiary/aromatic N) is 4. The minimum atomic E-state index is -0.738. The molecular weight excluding hydrogens is 378 g/mol. The molecule has 0 aliphatic carbocycles. The van der Waals surface area contributed by atoms with Crippen LogP contribution in [-0.4, -0.2) is 58.1 Å². The Morgan fingerprint density at radius 1 is 1.21 bits per heavy atom. The summed E-state index contributed by atoms with van der Waals surface area (Å²) in [6.45, 7) is 4.60.